The maximum absolute atomic E-state index is 13.7. The molecular formula is C28H32N4O3. The van der Waals surface area contributed by atoms with E-state index < -0.39 is 0 Å². The number of likely N-dealkylation sites (tertiary alicyclic amines) is 1. The molecule has 182 valence electrons. The number of ether oxygens (including phenoxy) is 1. The Bertz CT molecular complexity index is 1220. The third kappa shape index (κ3) is 2.57. The molecule has 0 unspecified atom stereocenters. The van der Waals surface area contributed by atoms with Crippen LogP contribution in [0.3, 0.4) is 0 Å². The van der Waals surface area contributed by atoms with Gasteiger partial charge in [0, 0.05) is 54.1 Å². The van der Waals surface area contributed by atoms with Crippen molar-refractivity contribution in [2.75, 3.05) is 19.6 Å². The third-order valence-electron chi connectivity index (χ3n) is 10.5. The molecule has 7 heteroatoms. The Hall–Kier alpha value is -2.67. The van der Waals surface area contributed by atoms with Gasteiger partial charge in [-0.3, -0.25) is 19.7 Å². The van der Waals surface area contributed by atoms with Crippen LogP contribution in [0.1, 0.15) is 55.3 Å². The largest absolute Gasteiger partial charge is 0.504 e. The van der Waals surface area contributed by atoms with Crippen LogP contribution in [0.2, 0.25) is 0 Å². The van der Waals surface area contributed by atoms with Crippen LogP contribution in [0.5, 0.6) is 11.5 Å². The molecule has 1 aromatic carbocycles. The van der Waals surface area contributed by atoms with Gasteiger partial charge in [-0.15, -0.1) is 0 Å². The number of fused-ring (bicyclic) bond motifs is 3. The van der Waals surface area contributed by atoms with Crippen LogP contribution in [-0.4, -0.2) is 68.6 Å². The highest BCUT2D eigenvalue weighted by Crippen LogP contribution is 2.71. The van der Waals surface area contributed by atoms with Gasteiger partial charge in [0.2, 0.25) is 5.91 Å². The van der Waals surface area contributed by atoms with Gasteiger partial charge in [-0.1, -0.05) is 6.07 Å². The van der Waals surface area contributed by atoms with Gasteiger partial charge in [0.1, 0.15) is 6.10 Å². The predicted molar refractivity (Wildman–Crippen MR) is 128 cm³/mol. The first-order valence-corrected chi connectivity index (χ1v) is 13.4. The molecule has 3 aliphatic carbocycles. The first-order chi connectivity index (χ1) is 17.1. The number of rotatable bonds is 4. The molecule has 4 aliphatic heterocycles. The lowest BCUT2D eigenvalue weighted by molar-refractivity contribution is -0.143. The summed E-state index contributed by atoms with van der Waals surface area (Å²) >= 11 is 0. The molecule has 35 heavy (non-hydrogen) atoms. The van der Waals surface area contributed by atoms with Crippen molar-refractivity contribution < 1.29 is 14.6 Å². The zero-order valence-electron chi connectivity index (χ0n) is 20.0. The second-order valence-electron chi connectivity index (χ2n) is 11.8. The quantitative estimate of drug-likeness (QED) is 0.737. The lowest BCUT2D eigenvalue weighted by atomic mass is 9.42. The third-order valence-corrected chi connectivity index (χ3v) is 10.5. The summed E-state index contributed by atoms with van der Waals surface area (Å²) < 4.78 is 6.79. The van der Waals surface area contributed by atoms with Crippen molar-refractivity contribution in [3.8, 4) is 11.5 Å². The van der Waals surface area contributed by atoms with E-state index >= 15 is 0 Å². The van der Waals surface area contributed by atoms with E-state index in [9.17, 15) is 9.90 Å². The van der Waals surface area contributed by atoms with Gasteiger partial charge in [0.25, 0.3) is 0 Å². The number of hydrogen-bond acceptors (Lipinski definition) is 6. The van der Waals surface area contributed by atoms with Gasteiger partial charge in [0.05, 0.1) is 18.2 Å². The summed E-state index contributed by atoms with van der Waals surface area (Å²) in [6.07, 6.45) is 13.1. The first kappa shape index (κ1) is 20.5. The number of phenols is 1. The lowest BCUT2D eigenvalue weighted by Crippen LogP contribution is -2.72. The average molecular weight is 473 g/mol. The van der Waals surface area contributed by atoms with E-state index in [0.717, 1.165) is 56.8 Å². The molecule has 2 aromatic rings. The van der Waals surface area contributed by atoms with Crippen LogP contribution in [0.15, 0.2) is 30.7 Å². The number of carbonyl (C=O) groups excluding carboxylic acids is 1. The molecule has 5 fully saturated rings. The van der Waals surface area contributed by atoms with Crippen LogP contribution in [-0.2, 0) is 23.1 Å². The Morgan fingerprint density at radius 3 is 2.89 bits per heavy atom. The molecule has 5 atom stereocenters. The van der Waals surface area contributed by atoms with Gasteiger partial charge < -0.3 is 14.7 Å². The number of hydrogen-bond donors (Lipinski definition) is 1. The SMILES string of the molecule is O=C(Cc1cnccn1)N1CC[C@@]23CC[C@@H]1[C@@H]1Oc4c(O)ccc5c4[C@@]12CCN(CC1CC1)[C@@H]3C5. The zero-order chi connectivity index (χ0) is 23.4. The number of benzene rings is 1. The smallest absolute Gasteiger partial charge is 0.229 e. The number of piperidine rings is 1. The fourth-order valence-corrected chi connectivity index (χ4v) is 8.98. The Balaban J connectivity index is 1.25. The molecule has 9 rings (SSSR count). The van der Waals surface area contributed by atoms with Gasteiger partial charge in [-0.05, 0) is 69.0 Å². The van der Waals surface area contributed by atoms with E-state index in [1.165, 1.54) is 30.5 Å². The summed E-state index contributed by atoms with van der Waals surface area (Å²) in [5.41, 5.74) is 3.35. The van der Waals surface area contributed by atoms with Crippen LogP contribution in [0.4, 0.5) is 0 Å². The lowest BCUT2D eigenvalue weighted by Gasteiger charge is -2.66. The summed E-state index contributed by atoms with van der Waals surface area (Å²) in [7, 11) is 0. The molecule has 5 heterocycles. The normalized spacial score (nSPS) is 36.5. The molecule has 1 amide bonds. The van der Waals surface area contributed by atoms with Gasteiger partial charge >= 0.3 is 0 Å². The van der Waals surface area contributed by atoms with E-state index in [1.54, 1.807) is 18.6 Å². The molecule has 4 bridgehead atoms. The van der Waals surface area contributed by atoms with E-state index in [4.69, 9.17) is 4.74 Å². The summed E-state index contributed by atoms with van der Waals surface area (Å²) in [4.78, 5) is 27.1. The monoisotopic (exact) mass is 472 g/mol. The van der Waals surface area contributed by atoms with Crippen LogP contribution < -0.4 is 4.74 Å². The Morgan fingerprint density at radius 2 is 2.06 bits per heavy atom. The number of aromatic nitrogens is 2. The highest BCUT2D eigenvalue weighted by atomic mass is 16.5. The second-order valence-corrected chi connectivity index (χ2v) is 11.8. The standard InChI is InChI=1S/C28H32N4O3/c33-21-4-3-18-13-22-27-6-5-20(32(12-7-27)23(34)14-19-15-29-9-10-30-19)26-28(27,24(18)25(21)35-26)8-11-31(22)16-17-1-2-17/h3-4,9-10,15,17,20,22,26,33H,1-2,5-8,11-14,16H2/t20-,22-,26+,27-,28+/m1/s1. The van der Waals surface area contributed by atoms with Crippen molar-refractivity contribution in [3.05, 3.63) is 47.5 Å². The molecule has 3 saturated heterocycles. The maximum atomic E-state index is 13.7. The minimum Gasteiger partial charge on any atom is -0.504 e. The van der Waals surface area contributed by atoms with Crippen LogP contribution >= 0.6 is 0 Å². The number of amides is 1. The Labute approximate surface area is 205 Å². The fraction of sp³-hybridized carbons (Fsp3) is 0.607. The zero-order valence-corrected chi connectivity index (χ0v) is 20.0. The number of carbonyl (C=O) groups is 1. The van der Waals surface area contributed by atoms with Crippen molar-refractivity contribution in [1.29, 1.82) is 0 Å². The number of nitrogens with zero attached hydrogens (tertiary/aromatic N) is 4. The van der Waals surface area contributed by atoms with Crippen molar-refractivity contribution in [1.82, 2.24) is 19.8 Å². The fourth-order valence-electron chi connectivity index (χ4n) is 8.98. The topological polar surface area (TPSA) is 78.8 Å². The van der Waals surface area contributed by atoms with Crippen molar-refractivity contribution in [2.45, 2.75) is 75.0 Å². The Morgan fingerprint density at radius 1 is 1.14 bits per heavy atom. The number of phenolic OH excluding ortho intramolecular Hbond substituents is 1. The van der Waals surface area contributed by atoms with E-state index in [2.05, 4.69) is 25.8 Å². The van der Waals surface area contributed by atoms with Gasteiger partial charge in [-0.2, -0.15) is 0 Å². The summed E-state index contributed by atoms with van der Waals surface area (Å²) in [5.74, 6) is 1.95. The van der Waals surface area contributed by atoms with Crippen molar-refractivity contribution in [2.24, 2.45) is 11.3 Å². The second kappa shape index (κ2) is 6.96. The highest BCUT2D eigenvalue weighted by Gasteiger charge is 2.74. The average Bonchev–Trinajstić information content (AvgIpc) is 3.65. The molecular weight excluding hydrogens is 440 g/mol. The highest BCUT2D eigenvalue weighted by molar-refractivity contribution is 5.79. The summed E-state index contributed by atoms with van der Waals surface area (Å²) in [6.45, 7) is 3.09. The molecule has 2 saturated carbocycles. The van der Waals surface area contributed by atoms with Gasteiger partial charge in [-0.25, -0.2) is 0 Å². The summed E-state index contributed by atoms with van der Waals surface area (Å²) in [5, 5.41) is 10.9. The van der Waals surface area contributed by atoms with Crippen LogP contribution in [0.25, 0.3) is 0 Å². The first-order valence-electron chi connectivity index (χ1n) is 13.4. The molecule has 1 aromatic heterocycles. The van der Waals surface area contributed by atoms with E-state index in [0.29, 0.717) is 11.8 Å². The molecule has 7 aliphatic rings. The molecule has 1 N–H and O–H groups in total. The van der Waals surface area contributed by atoms with E-state index in [-0.39, 0.29) is 41.1 Å². The van der Waals surface area contributed by atoms with Crippen molar-refractivity contribution in [3.63, 3.8) is 0 Å². The summed E-state index contributed by atoms with van der Waals surface area (Å²) in [6, 6.07) is 4.50. The molecule has 7 nitrogen and oxygen atoms in total. The van der Waals surface area contributed by atoms with Crippen LogP contribution in [0, 0.1) is 11.3 Å². The predicted octanol–water partition coefficient (Wildman–Crippen LogP) is 2.85. The maximum Gasteiger partial charge on any atom is 0.229 e. The molecule has 0 radical (unpaired) electrons. The van der Waals surface area contributed by atoms with Gasteiger partial charge in [0.15, 0.2) is 11.5 Å². The van der Waals surface area contributed by atoms with Crippen molar-refractivity contribution >= 4 is 5.91 Å². The minimum absolute atomic E-state index is 0.0307. The van der Waals surface area contributed by atoms with E-state index in [1.807, 2.05) is 6.07 Å². The minimum atomic E-state index is -0.107. The Kier molecular flexibility index (Phi) is 4.08. The molecule has 2 spiro atoms. The number of aromatic hydroxyl groups is 1.